The van der Waals surface area contributed by atoms with Crippen LogP contribution in [0.3, 0.4) is 0 Å². The number of benzene rings is 1. The molecule has 1 aliphatic carbocycles. The van der Waals surface area contributed by atoms with Crippen LogP contribution in [-0.2, 0) is 11.2 Å². The number of nitrogens with zero attached hydrogens (tertiary/aromatic N) is 4. The van der Waals surface area contributed by atoms with Crippen LogP contribution < -0.4 is 16.4 Å². The minimum atomic E-state index is 0.329. The molecule has 1 heterocycles. The van der Waals surface area contributed by atoms with Crippen molar-refractivity contribution >= 4 is 11.8 Å². The predicted molar refractivity (Wildman–Crippen MR) is 128 cm³/mol. The molecule has 1 saturated carbocycles. The summed E-state index contributed by atoms with van der Waals surface area (Å²) in [7, 11) is 3.55. The third-order valence-corrected chi connectivity index (χ3v) is 6.37. The molecule has 0 spiro atoms. The molecule has 2 aromatic rings. The number of aryl methyl sites for hydroxylation is 2. The fourth-order valence-corrected chi connectivity index (χ4v) is 4.12. The number of hydrogen-bond acceptors (Lipinski definition) is 5. The molecular formula is C24H35N7O. The Kier molecular flexibility index (Phi) is 8.12. The van der Waals surface area contributed by atoms with Gasteiger partial charge in [0.2, 0.25) is 0 Å². The van der Waals surface area contributed by atoms with Gasteiger partial charge in [0.1, 0.15) is 17.5 Å². The third-order valence-electron chi connectivity index (χ3n) is 6.37. The first-order valence-electron chi connectivity index (χ1n) is 11.3. The van der Waals surface area contributed by atoms with E-state index in [0.29, 0.717) is 23.2 Å². The summed E-state index contributed by atoms with van der Waals surface area (Å²) in [5.74, 6) is 1.19. The van der Waals surface area contributed by atoms with Crippen molar-refractivity contribution in [2.24, 2.45) is 10.4 Å². The summed E-state index contributed by atoms with van der Waals surface area (Å²) in [6.45, 7) is 4.47. The first-order chi connectivity index (χ1) is 15.5. The van der Waals surface area contributed by atoms with Gasteiger partial charge in [0.15, 0.2) is 5.96 Å². The first kappa shape index (κ1) is 23.6. The van der Waals surface area contributed by atoms with Gasteiger partial charge < -0.3 is 21.1 Å². The second-order valence-corrected chi connectivity index (χ2v) is 8.62. The highest BCUT2D eigenvalue weighted by Crippen LogP contribution is 2.43. The van der Waals surface area contributed by atoms with Crippen molar-refractivity contribution in [2.75, 3.05) is 39.6 Å². The van der Waals surface area contributed by atoms with E-state index in [4.69, 9.17) is 10.5 Å². The van der Waals surface area contributed by atoms with Gasteiger partial charge in [-0.3, -0.25) is 4.99 Å². The molecule has 0 unspecified atom stereocenters. The SMILES string of the molecule is CN=C(NCCCc1nn(-c2ccc(C)cc2)c(N)c1C#N)NCC1(CCOC)CCC1. The van der Waals surface area contributed by atoms with Crippen molar-refractivity contribution in [3.63, 3.8) is 0 Å². The average Bonchev–Trinajstić information content (AvgIpc) is 3.09. The molecule has 1 aromatic heterocycles. The van der Waals surface area contributed by atoms with E-state index in [0.717, 1.165) is 55.4 Å². The maximum Gasteiger partial charge on any atom is 0.190 e. The van der Waals surface area contributed by atoms with Gasteiger partial charge in [0, 0.05) is 33.9 Å². The van der Waals surface area contributed by atoms with Gasteiger partial charge in [-0.15, -0.1) is 0 Å². The molecule has 1 aromatic carbocycles. The molecule has 8 heteroatoms. The number of anilines is 1. The van der Waals surface area contributed by atoms with Crippen molar-refractivity contribution < 1.29 is 4.74 Å². The summed E-state index contributed by atoms with van der Waals surface area (Å²) in [5, 5.41) is 21.0. The Hall–Kier alpha value is -3.05. The van der Waals surface area contributed by atoms with Crippen LogP contribution in [0.4, 0.5) is 5.82 Å². The summed E-state index contributed by atoms with van der Waals surface area (Å²) < 4.78 is 6.93. The standard InChI is InChI=1S/C24H35N7O/c1-18-7-9-19(10-8-18)31-22(26)20(16-25)21(30-31)6-4-14-28-23(27-2)29-17-24(11-5-12-24)13-15-32-3/h7-10H,4-6,11-15,17,26H2,1-3H3,(H2,27,28,29). The van der Waals surface area contributed by atoms with Gasteiger partial charge in [-0.1, -0.05) is 24.1 Å². The van der Waals surface area contributed by atoms with Crippen LogP contribution in [0.2, 0.25) is 0 Å². The van der Waals surface area contributed by atoms with E-state index in [9.17, 15) is 5.26 Å². The molecule has 172 valence electrons. The Morgan fingerprint density at radius 1 is 1.31 bits per heavy atom. The van der Waals surface area contributed by atoms with E-state index in [1.54, 1.807) is 18.8 Å². The van der Waals surface area contributed by atoms with Crippen molar-refractivity contribution in [1.29, 1.82) is 5.26 Å². The lowest BCUT2D eigenvalue weighted by atomic mass is 9.67. The lowest BCUT2D eigenvalue weighted by Crippen LogP contribution is -2.47. The highest BCUT2D eigenvalue weighted by atomic mass is 16.5. The minimum absolute atomic E-state index is 0.329. The quantitative estimate of drug-likeness (QED) is 0.299. The Morgan fingerprint density at radius 3 is 2.66 bits per heavy atom. The van der Waals surface area contributed by atoms with Gasteiger partial charge in [-0.05, 0) is 56.6 Å². The molecule has 0 atom stereocenters. The fraction of sp³-hybridized carbons (Fsp3) is 0.542. The van der Waals surface area contributed by atoms with E-state index >= 15 is 0 Å². The number of nitriles is 1. The van der Waals surface area contributed by atoms with E-state index in [2.05, 4.69) is 26.8 Å². The lowest BCUT2D eigenvalue weighted by Gasteiger charge is -2.42. The second kappa shape index (κ2) is 11.0. The van der Waals surface area contributed by atoms with Crippen LogP contribution in [0.1, 0.15) is 48.9 Å². The molecule has 4 N–H and O–H groups in total. The van der Waals surface area contributed by atoms with Gasteiger partial charge in [-0.2, -0.15) is 10.4 Å². The van der Waals surface area contributed by atoms with Crippen LogP contribution in [-0.4, -0.2) is 49.6 Å². The van der Waals surface area contributed by atoms with Crippen LogP contribution in [0.5, 0.6) is 0 Å². The molecule has 32 heavy (non-hydrogen) atoms. The van der Waals surface area contributed by atoms with Gasteiger partial charge in [0.05, 0.1) is 11.4 Å². The Bertz CT molecular complexity index is 952. The zero-order valence-corrected chi connectivity index (χ0v) is 19.4. The van der Waals surface area contributed by atoms with E-state index in [-0.39, 0.29) is 0 Å². The van der Waals surface area contributed by atoms with E-state index in [1.807, 2.05) is 31.2 Å². The molecule has 0 radical (unpaired) electrons. The normalized spacial score (nSPS) is 15.1. The Labute approximate surface area is 190 Å². The second-order valence-electron chi connectivity index (χ2n) is 8.62. The Balaban J connectivity index is 1.52. The fourth-order valence-electron chi connectivity index (χ4n) is 4.12. The van der Waals surface area contributed by atoms with Gasteiger partial charge >= 0.3 is 0 Å². The molecule has 8 nitrogen and oxygen atoms in total. The summed E-state index contributed by atoms with van der Waals surface area (Å²) in [6.07, 6.45) is 6.32. The molecule has 1 aliphatic rings. The summed E-state index contributed by atoms with van der Waals surface area (Å²) in [5.41, 5.74) is 9.75. The Morgan fingerprint density at radius 2 is 2.06 bits per heavy atom. The van der Waals surface area contributed by atoms with Crippen molar-refractivity contribution in [1.82, 2.24) is 20.4 Å². The van der Waals surface area contributed by atoms with Crippen LogP contribution in [0, 0.1) is 23.7 Å². The number of nitrogens with two attached hydrogens (primary N) is 1. The first-order valence-corrected chi connectivity index (χ1v) is 11.3. The van der Waals surface area contributed by atoms with Crippen LogP contribution >= 0.6 is 0 Å². The highest BCUT2D eigenvalue weighted by molar-refractivity contribution is 5.79. The number of nitrogen functional groups attached to an aromatic ring is 1. The van der Waals surface area contributed by atoms with Crippen LogP contribution in [0.25, 0.3) is 5.69 Å². The molecule has 0 amide bonds. The zero-order valence-electron chi connectivity index (χ0n) is 19.4. The number of aromatic nitrogens is 2. The molecule has 3 rings (SSSR count). The number of hydrogen-bond donors (Lipinski definition) is 3. The number of guanidine groups is 1. The number of ether oxygens (including phenoxy) is 1. The highest BCUT2D eigenvalue weighted by Gasteiger charge is 2.36. The summed E-state index contributed by atoms with van der Waals surface area (Å²) >= 11 is 0. The van der Waals surface area contributed by atoms with Gasteiger partial charge in [-0.25, -0.2) is 4.68 Å². The minimum Gasteiger partial charge on any atom is -0.385 e. The van der Waals surface area contributed by atoms with E-state index in [1.165, 1.54) is 19.3 Å². The molecule has 1 fully saturated rings. The lowest BCUT2D eigenvalue weighted by molar-refractivity contribution is 0.0732. The molecule has 0 saturated heterocycles. The van der Waals surface area contributed by atoms with Crippen molar-refractivity contribution in [3.05, 3.63) is 41.1 Å². The average molecular weight is 438 g/mol. The van der Waals surface area contributed by atoms with Crippen LogP contribution in [0.15, 0.2) is 29.3 Å². The number of aliphatic imine (C=N–C) groups is 1. The van der Waals surface area contributed by atoms with Crippen molar-refractivity contribution in [3.8, 4) is 11.8 Å². The summed E-state index contributed by atoms with van der Waals surface area (Å²) in [4.78, 5) is 4.34. The van der Waals surface area contributed by atoms with Gasteiger partial charge in [0.25, 0.3) is 0 Å². The monoisotopic (exact) mass is 437 g/mol. The number of rotatable bonds is 10. The third kappa shape index (κ3) is 5.60. The molecule has 0 bridgehead atoms. The largest absolute Gasteiger partial charge is 0.385 e. The maximum absolute atomic E-state index is 9.59. The zero-order chi connectivity index (χ0) is 23.0. The topological polar surface area (TPSA) is 113 Å². The number of nitrogens with one attached hydrogen (secondary N) is 2. The van der Waals surface area contributed by atoms with E-state index < -0.39 is 0 Å². The predicted octanol–water partition coefficient (Wildman–Crippen LogP) is 2.94. The molecular weight excluding hydrogens is 402 g/mol. The summed E-state index contributed by atoms with van der Waals surface area (Å²) in [6, 6.07) is 10.2. The number of methoxy groups -OCH3 is 1. The van der Waals surface area contributed by atoms with Crippen molar-refractivity contribution in [2.45, 2.75) is 45.4 Å². The maximum atomic E-state index is 9.59. The molecule has 0 aliphatic heterocycles. The smallest absolute Gasteiger partial charge is 0.190 e.